The average Bonchev–Trinajstić information content (AvgIpc) is 2.78. The number of rotatable bonds is 7. The zero-order valence-electron chi connectivity index (χ0n) is 17.5. The molecule has 0 unspecified atom stereocenters. The van der Waals surface area contributed by atoms with Gasteiger partial charge in [0.2, 0.25) is 10.0 Å². The summed E-state index contributed by atoms with van der Waals surface area (Å²) in [6, 6.07) is 9.07. The number of nitrogens with zero attached hydrogens (tertiary/aromatic N) is 1. The Labute approximate surface area is 191 Å². The molecule has 0 aromatic heterocycles. The van der Waals surface area contributed by atoms with Crippen LogP contribution >= 0.6 is 11.6 Å². The molecule has 0 spiro atoms. The van der Waals surface area contributed by atoms with Gasteiger partial charge in [0.05, 0.1) is 21.5 Å². The number of carbonyl (C=O) groups excluding carboxylic acids is 2. The predicted molar refractivity (Wildman–Crippen MR) is 117 cm³/mol. The number of ether oxygens (including phenoxy) is 1. The molecule has 1 fully saturated rings. The summed E-state index contributed by atoms with van der Waals surface area (Å²) in [5.41, 5.74) is 0.550. The van der Waals surface area contributed by atoms with Gasteiger partial charge < -0.3 is 10.1 Å². The van der Waals surface area contributed by atoms with Crippen molar-refractivity contribution in [2.45, 2.75) is 37.1 Å². The van der Waals surface area contributed by atoms with Crippen LogP contribution in [-0.4, -0.2) is 44.3 Å². The largest absolute Gasteiger partial charge is 0.452 e. The van der Waals surface area contributed by atoms with Crippen molar-refractivity contribution in [3.05, 3.63) is 64.4 Å². The van der Waals surface area contributed by atoms with Crippen molar-refractivity contribution in [1.29, 1.82) is 0 Å². The molecule has 1 saturated heterocycles. The first-order valence-electron chi connectivity index (χ1n) is 10.2. The second kappa shape index (κ2) is 10.4. The highest BCUT2D eigenvalue weighted by atomic mass is 35.5. The molecule has 0 radical (unpaired) electrons. The Balaban J connectivity index is 1.64. The Bertz CT molecular complexity index is 1090. The van der Waals surface area contributed by atoms with Crippen LogP contribution in [0.15, 0.2) is 47.4 Å². The predicted octanol–water partition coefficient (Wildman–Crippen LogP) is 3.69. The Hall–Kier alpha value is -2.49. The highest BCUT2D eigenvalue weighted by Crippen LogP contribution is 2.25. The van der Waals surface area contributed by atoms with E-state index in [-0.39, 0.29) is 21.3 Å². The summed E-state index contributed by atoms with van der Waals surface area (Å²) in [5.74, 6) is -1.86. The number of benzene rings is 2. The molecule has 1 atom stereocenters. The average molecular weight is 483 g/mol. The molecule has 0 aliphatic carbocycles. The van der Waals surface area contributed by atoms with Gasteiger partial charge in [-0.1, -0.05) is 30.2 Å². The lowest BCUT2D eigenvalue weighted by molar-refractivity contribution is -0.124. The maximum absolute atomic E-state index is 13.0. The van der Waals surface area contributed by atoms with Crippen molar-refractivity contribution in [1.82, 2.24) is 9.62 Å². The number of nitrogens with one attached hydrogen (secondary N) is 1. The van der Waals surface area contributed by atoms with Crippen LogP contribution in [0.4, 0.5) is 4.39 Å². The Morgan fingerprint density at radius 1 is 1.12 bits per heavy atom. The molecule has 10 heteroatoms. The maximum Gasteiger partial charge on any atom is 0.340 e. The first-order valence-corrected chi connectivity index (χ1v) is 12.0. The van der Waals surface area contributed by atoms with E-state index in [4.69, 9.17) is 16.3 Å². The topological polar surface area (TPSA) is 92.8 Å². The minimum atomic E-state index is -3.75. The van der Waals surface area contributed by atoms with E-state index in [0.29, 0.717) is 18.7 Å². The van der Waals surface area contributed by atoms with E-state index in [1.54, 1.807) is 19.1 Å². The van der Waals surface area contributed by atoms with Gasteiger partial charge in [0.15, 0.2) is 6.61 Å². The van der Waals surface area contributed by atoms with Gasteiger partial charge in [-0.15, -0.1) is 0 Å². The summed E-state index contributed by atoms with van der Waals surface area (Å²) < 4.78 is 45.2. The summed E-state index contributed by atoms with van der Waals surface area (Å²) >= 11 is 6.08. The molecule has 2 aromatic rings. The van der Waals surface area contributed by atoms with Crippen LogP contribution in [0.3, 0.4) is 0 Å². The lowest BCUT2D eigenvalue weighted by Gasteiger charge is -2.26. The van der Waals surface area contributed by atoms with Gasteiger partial charge in [0.1, 0.15) is 5.82 Å². The molecule has 1 aliphatic heterocycles. The summed E-state index contributed by atoms with van der Waals surface area (Å²) in [7, 11) is -3.75. The van der Waals surface area contributed by atoms with Crippen molar-refractivity contribution in [3.8, 4) is 0 Å². The first-order chi connectivity index (χ1) is 15.2. The van der Waals surface area contributed by atoms with Crippen LogP contribution in [0.5, 0.6) is 0 Å². The van der Waals surface area contributed by atoms with Gasteiger partial charge in [0, 0.05) is 13.1 Å². The second-order valence-electron chi connectivity index (χ2n) is 7.52. The van der Waals surface area contributed by atoms with Gasteiger partial charge >= 0.3 is 5.97 Å². The fraction of sp³-hybridized carbons (Fsp3) is 0.364. The van der Waals surface area contributed by atoms with Gasteiger partial charge in [-0.2, -0.15) is 4.31 Å². The Kier molecular flexibility index (Phi) is 7.86. The fourth-order valence-corrected chi connectivity index (χ4v) is 5.14. The number of halogens is 2. The molecule has 1 N–H and O–H groups in total. The molecule has 1 aliphatic rings. The zero-order chi connectivity index (χ0) is 23.3. The number of amides is 1. The van der Waals surface area contributed by atoms with Crippen LogP contribution in [0.1, 0.15) is 48.1 Å². The van der Waals surface area contributed by atoms with E-state index in [1.807, 2.05) is 0 Å². The Morgan fingerprint density at radius 2 is 1.78 bits per heavy atom. The fourth-order valence-electron chi connectivity index (χ4n) is 3.40. The van der Waals surface area contributed by atoms with E-state index in [0.717, 1.165) is 19.3 Å². The highest BCUT2D eigenvalue weighted by Gasteiger charge is 2.27. The third-order valence-corrected chi connectivity index (χ3v) is 7.42. The highest BCUT2D eigenvalue weighted by molar-refractivity contribution is 7.89. The number of hydrogen-bond donors (Lipinski definition) is 1. The first kappa shape index (κ1) is 24.2. The van der Waals surface area contributed by atoms with E-state index in [2.05, 4.69) is 5.32 Å². The molecule has 0 saturated carbocycles. The number of sulfonamides is 1. The van der Waals surface area contributed by atoms with E-state index >= 15 is 0 Å². The minimum absolute atomic E-state index is 0.0210. The maximum atomic E-state index is 13.0. The summed E-state index contributed by atoms with van der Waals surface area (Å²) in [6.07, 6.45) is 2.55. The summed E-state index contributed by atoms with van der Waals surface area (Å²) in [4.78, 5) is 24.6. The monoisotopic (exact) mass is 482 g/mol. The number of carbonyl (C=O) groups is 2. The molecule has 2 aromatic carbocycles. The molecular weight excluding hydrogens is 459 g/mol. The standard InChI is InChI=1S/C22H24ClFN2O5S/c1-15(16-5-7-17(24)8-6-16)25-21(27)14-31-22(28)19-13-18(9-10-20(19)23)32(29,30)26-11-3-2-4-12-26/h5-10,13,15H,2-4,11-12,14H2,1H3,(H,25,27)/t15-/m0/s1. The van der Waals surface area contributed by atoms with Gasteiger partial charge in [-0.25, -0.2) is 17.6 Å². The number of hydrogen-bond acceptors (Lipinski definition) is 5. The van der Waals surface area contributed by atoms with Crippen LogP contribution in [0.25, 0.3) is 0 Å². The third kappa shape index (κ3) is 5.85. The van der Waals surface area contributed by atoms with Gasteiger partial charge in [0.25, 0.3) is 5.91 Å². The SMILES string of the molecule is C[C@H](NC(=O)COC(=O)c1cc(S(=O)(=O)N2CCCCC2)ccc1Cl)c1ccc(F)cc1. The molecule has 1 heterocycles. The van der Waals surface area contributed by atoms with Crippen molar-refractivity contribution < 1.29 is 27.1 Å². The number of esters is 1. The van der Waals surface area contributed by atoms with E-state index in [9.17, 15) is 22.4 Å². The van der Waals surface area contributed by atoms with E-state index in [1.165, 1.54) is 34.6 Å². The quantitative estimate of drug-likeness (QED) is 0.607. The molecule has 1 amide bonds. The van der Waals surface area contributed by atoms with Crippen molar-refractivity contribution in [3.63, 3.8) is 0 Å². The molecule has 0 bridgehead atoms. The van der Waals surface area contributed by atoms with Gasteiger partial charge in [-0.3, -0.25) is 4.79 Å². The molecular formula is C22H24ClFN2O5S. The minimum Gasteiger partial charge on any atom is -0.452 e. The van der Waals surface area contributed by atoms with Gasteiger partial charge in [-0.05, 0) is 55.7 Å². The third-order valence-electron chi connectivity index (χ3n) is 5.19. The van der Waals surface area contributed by atoms with Crippen molar-refractivity contribution >= 4 is 33.5 Å². The van der Waals surface area contributed by atoms with Crippen molar-refractivity contribution in [2.24, 2.45) is 0 Å². The Morgan fingerprint density at radius 3 is 2.44 bits per heavy atom. The van der Waals surface area contributed by atoms with Crippen LogP contribution in [0.2, 0.25) is 5.02 Å². The summed E-state index contributed by atoms with van der Waals surface area (Å²) in [6.45, 7) is 1.98. The van der Waals surface area contributed by atoms with Crippen molar-refractivity contribution in [2.75, 3.05) is 19.7 Å². The van der Waals surface area contributed by atoms with Crippen LogP contribution < -0.4 is 5.32 Å². The molecule has 3 rings (SSSR count). The lowest BCUT2D eigenvalue weighted by atomic mass is 10.1. The number of piperidine rings is 1. The van der Waals surface area contributed by atoms with Crippen LogP contribution in [0, 0.1) is 5.82 Å². The molecule has 172 valence electrons. The smallest absolute Gasteiger partial charge is 0.340 e. The molecule has 32 heavy (non-hydrogen) atoms. The second-order valence-corrected chi connectivity index (χ2v) is 9.87. The molecule has 7 nitrogen and oxygen atoms in total. The zero-order valence-corrected chi connectivity index (χ0v) is 19.1. The normalized spacial score (nSPS) is 15.7. The van der Waals surface area contributed by atoms with Crippen LogP contribution in [-0.2, 0) is 19.6 Å². The van der Waals surface area contributed by atoms with E-state index < -0.39 is 34.5 Å². The lowest BCUT2D eigenvalue weighted by Crippen LogP contribution is -2.35. The summed E-state index contributed by atoms with van der Waals surface area (Å²) in [5, 5.41) is 2.66.